The van der Waals surface area contributed by atoms with Crippen LogP contribution in [0.5, 0.6) is 0 Å². The van der Waals surface area contributed by atoms with E-state index in [1.807, 2.05) is 26.0 Å². The van der Waals surface area contributed by atoms with Crippen LogP contribution in [0.15, 0.2) is 18.2 Å². The molecule has 1 N–H and O–H groups in total. The number of nitrogens with zero attached hydrogens (tertiary/aromatic N) is 1. The molecule has 1 aliphatic heterocycles. The van der Waals surface area contributed by atoms with E-state index in [1.165, 1.54) is 0 Å². The van der Waals surface area contributed by atoms with E-state index < -0.39 is 22.0 Å². The molecule has 0 aliphatic carbocycles. The third-order valence-corrected chi connectivity index (χ3v) is 5.87. The first-order valence-electron chi connectivity index (χ1n) is 7.10. The molecular weight excluding hydrogens is 290 g/mol. The van der Waals surface area contributed by atoms with Crippen LogP contribution in [-0.4, -0.2) is 36.4 Å². The molecule has 1 heterocycles. The standard InChI is InChI=1S/C15H21NO4S/c1-11-6-7-13(9-12(11)2)10-21(19,20)16-8-4-3-5-14(16)15(17)18/h6-7,9,14H,3-5,8,10H2,1-2H3,(H,17,18). The van der Waals surface area contributed by atoms with E-state index in [9.17, 15) is 18.3 Å². The molecule has 21 heavy (non-hydrogen) atoms. The van der Waals surface area contributed by atoms with Crippen molar-refractivity contribution in [3.8, 4) is 0 Å². The van der Waals surface area contributed by atoms with Gasteiger partial charge in [-0.05, 0) is 49.8 Å². The monoisotopic (exact) mass is 311 g/mol. The van der Waals surface area contributed by atoms with E-state index in [0.717, 1.165) is 28.3 Å². The van der Waals surface area contributed by atoms with Crippen LogP contribution < -0.4 is 0 Å². The number of benzene rings is 1. The van der Waals surface area contributed by atoms with Crippen LogP contribution in [-0.2, 0) is 20.6 Å². The van der Waals surface area contributed by atoms with Gasteiger partial charge in [0, 0.05) is 6.54 Å². The van der Waals surface area contributed by atoms with Crippen molar-refractivity contribution < 1.29 is 18.3 Å². The quantitative estimate of drug-likeness (QED) is 0.923. The number of sulfonamides is 1. The Hall–Kier alpha value is -1.40. The lowest BCUT2D eigenvalue weighted by molar-refractivity contribution is -0.142. The van der Waals surface area contributed by atoms with Gasteiger partial charge in [0.15, 0.2) is 0 Å². The Bertz CT molecular complexity index is 639. The third kappa shape index (κ3) is 3.63. The minimum absolute atomic E-state index is 0.141. The average Bonchev–Trinajstić information content (AvgIpc) is 2.42. The van der Waals surface area contributed by atoms with Gasteiger partial charge in [-0.25, -0.2) is 8.42 Å². The zero-order valence-corrected chi connectivity index (χ0v) is 13.2. The summed E-state index contributed by atoms with van der Waals surface area (Å²) in [4.78, 5) is 11.3. The van der Waals surface area contributed by atoms with E-state index in [1.54, 1.807) is 6.07 Å². The van der Waals surface area contributed by atoms with Gasteiger partial charge >= 0.3 is 5.97 Å². The first-order chi connectivity index (χ1) is 9.81. The van der Waals surface area contributed by atoms with Gasteiger partial charge in [-0.15, -0.1) is 0 Å². The van der Waals surface area contributed by atoms with Gasteiger partial charge < -0.3 is 5.11 Å². The number of aryl methyl sites for hydroxylation is 2. The summed E-state index contributed by atoms with van der Waals surface area (Å²) in [6.07, 6.45) is 1.87. The lowest BCUT2D eigenvalue weighted by Gasteiger charge is -2.31. The fourth-order valence-corrected chi connectivity index (χ4v) is 4.43. The van der Waals surface area contributed by atoms with Crippen LogP contribution >= 0.6 is 0 Å². The van der Waals surface area contributed by atoms with E-state index in [2.05, 4.69) is 0 Å². The van der Waals surface area contributed by atoms with E-state index in [4.69, 9.17) is 0 Å². The molecule has 0 radical (unpaired) electrons. The summed E-state index contributed by atoms with van der Waals surface area (Å²) in [7, 11) is -3.61. The van der Waals surface area contributed by atoms with E-state index in [0.29, 0.717) is 18.5 Å². The Kier molecular flexibility index (Phi) is 4.68. The number of hydrogen-bond donors (Lipinski definition) is 1. The molecule has 1 aromatic rings. The lowest BCUT2D eigenvalue weighted by Crippen LogP contribution is -2.48. The highest BCUT2D eigenvalue weighted by atomic mass is 32.2. The average molecular weight is 311 g/mol. The van der Waals surface area contributed by atoms with Crippen molar-refractivity contribution in [3.05, 3.63) is 34.9 Å². The third-order valence-electron chi connectivity index (χ3n) is 4.02. The van der Waals surface area contributed by atoms with Gasteiger partial charge in [-0.3, -0.25) is 4.79 Å². The molecule has 1 saturated heterocycles. The van der Waals surface area contributed by atoms with Crippen molar-refractivity contribution in [3.63, 3.8) is 0 Å². The largest absolute Gasteiger partial charge is 0.480 e. The molecule has 1 aliphatic rings. The van der Waals surface area contributed by atoms with Gasteiger partial charge in [-0.2, -0.15) is 4.31 Å². The Morgan fingerprint density at radius 3 is 2.62 bits per heavy atom. The summed E-state index contributed by atoms with van der Waals surface area (Å²) >= 11 is 0. The second-order valence-corrected chi connectivity index (χ2v) is 7.56. The predicted octanol–water partition coefficient (Wildman–Crippen LogP) is 2.07. The summed E-state index contributed by atoms with van der Waals surface area (Å²) in [5.74, 6) is -1.20. The zero-order chi connectivity index (χ0) is 15.6. The summed E-state index contributed by atoms with van der Waals surface area (Å²) in [5.41, 5.74) is 2.85. The highest BCUT2D eigenvalue weighted by Gasteiger charge is 2.36. The minimum atomic E-state index is -3.61. The molecule has 116 valence electrons. The molecule has 6 heteroatoms. The van der Waals surface area contributed by atoms with Crippen LogP contribution in [0.4, 0.5) is 0 Å². The van der Waals surface area contributed by atoms with Crippen molar-refractivity contribution in [1.29, 1.82) is 0 Å². The normalized spacial score (nSPS) is 20.4. The smallest absolute Gasteiger partial charge is 0.322 e. The summed E-state index contributed by atoms with van der Waals surface area (Å²) < 4.78 is 26.2. The molecule has 0 saturated carbocycles. The Morgan fingerprint density at radius 1 is 1.29 bits per heavy atom. The lowest BCUT2D eigenvalue weighted by atomic mass is 10.1. The van der Waals surface area contributed by atoms with Crippen LogP contribution in [0.1, 0.15) is 36.0 Å². The summed E-state index contributed by atoms with van der Waals surface area (Å²) in [6.45, 7) is 4.20. The summed E-state index contributed by atoms with van der Waals surface area (Å²) in [6, 6.07) is 4.62. The fourth-order valence-electron chi connectivity index (χ4n) is 2.67. The number of carbonyl (C=O) groups is 1. The second kappa shape index (κ2) is 6.15. The highest BCUT2D eigenvalue weighted by Crippen LogP contribution is 2.23. The Balaban J connectivity index is 2.23. The van der Waals surface area contributed by atoms with Crippen molar-refractivity contribution >= 4 is 16.0 Å². The molecule has 2 rings (SSSR count). The number of hydrogen-bond acceptors (Lipinski definition) is 3. The Labute approximate surface area is 125 Å². The zero-order valence-electron chi connectivity index (χ0n) is 12.4. The maximum Gasteiger partial charge on any atom is 0.322 e. The SMILES string of the molecule is Cc1ccc(CS(=O)(=O)N2CCCCC2C(=O)O)cc1C. The van der Waals surface area contributed by atoms with Crippen molar-refractivity contribution in [2.45, 2.75) is 44.9 Å². The number of carboxylic acids is 1. The topological polar surface area (TPSA) is 74.7 Å². The number of aliphatic carboxylic acids is 1. The molecule has 1 unspecified atom stereocenters. The molecule has 0 aromatic heterocycles. The van der Waals surface area contributed by atoms with E-state index in [-0.39, 0.29) is 5.75 Å². The Morgan fingerprint density at radius 2 is 2.00 bits per heavy atom. The molecule has 1 atom stereocenters. The number of carboxylic acid groups (broad SMARTS) is 1. The maximum atomic E-state index is 12.5. The number of piperidine rings is 1. The maximum absolute atomic E-state index is 12.5. The molecule has 1 fully saturated rings. The van der Waals surface area contributed by atoms with Gasteiger partial charge in [0.2, 0.25) is 10.0 Å². The molecule has 0 bridgehead atoms. The van der Waals surface area contributed by atoms with Crippen LogP contribution in [0.3, 0.4) is 0 Å². The second-order valence-electron chi connectivity index (χ2n) is 5.64. The highest BCUT2D eigenvalue weighted by molar-refractivity contribution is 7.88. The first-order valence-corrected chi connectivity index (χ1v) is 8.70. The molecular formula is C15H21NO4S. The van der Waals surface area contributed by atoms with Crippen molar-refractivity contribution in [2.24, 2.45) is 0 Å². The van der Waals surface area contributed by atoms with Gasteiger partial charge in [0.05, 0.1) is 5.75 Å². The van der Waals surface area contributed by atoms with Gasteiger partial charge in [-0.1, -0.05) is 18.2 Å². The van der Waals surface area contributed by atoms with Crippen LogP contribution in [0.2, 0.25) is 0 Å². The van der Waals surface area contributed by atoms with Crippen LogP contribution in [0.25, 0.3) is 0 Å². The van der Waals surface area contributed by atoms with Gasteiger partial charge in [0.25, 0.3) is 0 Å². The number of rotatable bonds is 4. The van der Waals surface area contributed by atoms with E-state index >= 15 is 0 Å². The predicted molar refractivity (Wildman–Crippen MR) is 80.5 cm³/mol. The van der Waals surface area contributed by atoms with Gasteiger partial charge in [0.1, 0.15) is 6.04 Å². The molecule has 5 nitrogen and oxygen atoms in total. The molecule has 1 aromatic carbocycles. The first kappa shape index (κ1) is 16.0. The molecule has 0 amide bonds. The minimum Gasteiger partial charge on any atom is -0.480 e. The van der Waals surface area contributed by atoms with Crippen molar-refractivity contribution in [2.75, 3.05) is 6.54 Å². The summed E-state index contributed by atoms with van der Waals surface area (Å²) in [5, 5.41) is 9.21. The van der Waals surface area contributed by atoms with Crippen LogP contribution in [0, 0.1) is 13.8 Å². The van der Waals surface area contributed by atoms with Crippen molar-refractivity contribution in [1.82, 2.24) is 4.31 Å². The fraction of sp³-hybridized carbons (Fsp3) is 0.533. The molecule has 0 spiro atoms.